The molecule has 0 heterocycles. The first-order valence-corrected chi connectivity index (χ1v) is 10.9. The fourth-order valence-corrected chi connectivity index (χ4v) is 3.93. The van der Waals surface area contributed by atoms with Gasteiger partial charge < -0.3 is 0 Å². The van der Waals surface area contributed by atoms with Crippen LogP contribution >= 0.6 is 15.9 Å². The molecule has 0 saturated carbocycles. The van der Waals surface area contributed by atoms with Gasteiger partial charge in [0.05, 0.1) is 0 Å². The van der Waals surface area contributed by atoms with Gasteiger partial charge in [0.25, 0.3) is 0 Å². The molecule has 0 N–H and O–H groups in total. The van der Waals surface area contributed by atoms with Crippen molar-refractivity contribution in [3.8, 4) is 0 Å². The lowest BCUT2D eigenvalue weighted by Gasteiger charge is -2.35. The Morgan fingerprint density at radius 2 is 0.905 bits per heavy atom. The lowest BCUT2D eigenvalue weighted by molar-refractivity contribution is 0.176. The van der Waals surface area contributed by atoms with Crippen molar-refractivity contribution in [3.05, 3.63) is 0 Å². The molecule has 0 atom stereocenters. The summed E-state index contributed by atoms with van der Waals surface area (Å²) in [6, 6.07) is 0. The number of rotatable bonds is 16. The van der Waals surface area contributed by atoms with E-state index in [2.05, 4.69) is 36.7 Å². The molecule has 0 amide bonds. The normalized spacial score (nSPS) is 12.0. The summed E-state index contributed by atoms with van der Waals surface area (Å²) in [5, 5.41) is 1.18. The lowest BCUT2D eigenvalue weighted by Crippen LogP contribution is -2.21. The average Bonchev–Trinajstić information content (AvgIpc) is 2.51. The van der Waals surface area contributed by atoms with Gasteiger partial charge in [-0.2, -0.15) is 0 Å². The molecule has 0 bridgehead atoms. The number of halogens is 1. The predicted molar refractivity (Wildman–Crippen MR) is 103 cm³/mol. The molecule has 0 aliphatic heterocycles. The number of hydrogen-bond acceptors (Lipinski definition) is 0. The van der Waals surface area contributed by atoms with Crippen LogP contribution in [0.25, 0.3) is 0 Å². The highest BCUT2D eigenvalue weighted by atomic mass is 79.9. The third kappa shape index (κ3) is 11.7. The zero-order valence-corrected chi connectivity index (χ0v) is 16.8. The summed E-state index contributed by atoms with van der Waals surface area (Å²) in [7, 11) is 0. The maximum absolute atomic E-state index is 3.54. The third-order valence-corrected chi connectivity index (χ3v) is 5.58. The molecule has 0 radical (unpaired) electrons. The Labute approximate surface area is 144 Å². The minimum Gasteiger partial charge on any atom is -0.0928 e. The molecule has 0 aliphatic rings. The Hall–Kier alpha value is 0.480. The van der Waals surface area contributed by atoms with Crippen LogP contribution in [0.2, 0.25) is 0 Å². The van der Waals surface area contributed by atoms with Crippen molar-refractivity contribution in [1.82, 2.24) is 0 Å². The number of unbranched alkanes of at least 4 members (excludes halogenated alkanes) is 7. The molecule has 0 spiro atoms. The first-order valence-electron chi connectivity index (χ1n) is 9.80. The van der Waals surface area contributed by atoms with Gasteiger partial charge in [-0.1, -0.05) is 101 Å². The Morgan fingerprint density at radius 1 is 0.524 bits per heavy atom. The van der Waals surface area contributed by atoms with E-state index < -0.39 is 0 Å². The Bertz CT molecular complexity index is 178. The topological polar surface area (TPSA) is 0 Å². The highest BCUT2D eigenvalue weighted by Crippen LogP contribution is 2.41. The molecule has 128 valence electrons. The first-order chi connectivity index (χ1) is 10.2. The average molecular weight is 361 g/mol. The molecule has 0 nitrogen and oxygen atoms in total. The van der Waals surface area contributed by atoms with Crippen molar-refractivity contribution >= 4 is 15.9 Å². The van der Waals surface area contributed by atoms with Gasteiger partial charge in [0.2, 0.25) is 0 Å². The second kappa shape index (κ2) is 15.4. The lowest BCUT2D eigenvalue weighted by atomic mass is 9.71. The SMILES string of the molecule is CCCCC(CCCC)(CCCC)CCCCCCCBr. The largest absolute Gasteiger partial charge is 0.0928 e. The molecular weight excluding hydrogens is 320 g/mol. The molecule has 0 fully saturated rings. The van der Waals surface area contributed by atoms with Gasteiger partial charge in [-0.3, -0.25) is 0 Å². The van der Waals surface area contributed by atoms with E-state index in [1.54, 1.807) is 0 Å². The summed E-state index contributed by atoms with van der Waals surface area (Å²) >= 11 is 3.54. The van der Waals surface area contributed by atoms with Crippen LogP contribution in [0, 0.1) is 5.41 Å². The quantitative estimate of drug-likeness (QED) is 0.192. The molecule has 0 aromatic carbocycles. The van der Waals surface area contributed by atoms with Crippen molar-refractivity contribution in [3.63, 3.8) is 0 Å². The van der Waals surface area contributed by atoms with Crippen LogP contribution in [0.1, 0.15) is 117 Å². The molecule has 0 unspecified atom stereocenters. The van der Waals surface area contributed by atoms with E-state index in [0.717, 1.165) is 0 Å². The number of alkyl halides is 1. The Kier molecular flexibility index (Phi) is 15.7. The first kappa shape index (κ1) is 21.5. The molecule has 0 saturated heterocycles. The van der Waals surface area contributed by atoms with Gasteiger partial charge in [-0.25, -0.2) is 0 Å². The van der Waals surface area contributed by atoms with Gasteiger partial charge in [0.15, 0.2) is 0 Å². The highest BCUT2D eigenvalue weighted by molar-refractivity contribution is 9.09. The van der Waals surface area contributed by atoms with Crippen molar-refractivity contribution < 1.29 is 0 Å². The van der Waals surface area contributed by atoms with Gasteiger partial charge in [0, 0.05) is 5.33 Å². The van der Waals surface area contributed by atoms with Crippen LogP contribution in [0.4, 0.5) is 0 Å². The summed E-state index contributed by atoms with van der Waals surface area (Å²) < 4.78 is 0. The number of hydrogen-bond donors (Lipinski definition) is 0. The molecule has 0 rings (SSSR count). The van der Waals surface area contributed by atoms with Gasteiger partial charge >= 0.3 is 0 Å². The van der Waals surface area contributed by atoms with Crippen LogP contribution in [-0.2, 0) is 0 Å². The highest BCUT2D eigenvalue weighted by Gasteiger charge is 2.27. The van der Waals surface area contributed by atoms with Crippen LogP contribution < -0.4 is 0 Å². The summed E-state index contributed by atoms with van der Waals surface area (Å²) in [5.41, 5.74) is 0.692. The minimum absolute atomic E-state index is 0.692. The van der Waals surface area contributed by atoms with Crippen molar-refractivity contribution in [2.75, 3.05) is 5.33 Å². The fourth-order valence-electron chi connectivity index (χ4n) is 3.53. The van der Waals surface area contributed by atoms with Crippen LogP contribution in [0.5, 0.6) is 0 Å². The third-order valence-electron chi connectivity index (χ3n) is 5.02. The minimum atomic E-state index is 0.692. The smallest absolute Gasteiger partial charge is 0.00313 e. The Balaban J connectivity index is 4.28. The van der Waals surface area contributed by atoms with Crippen molar-refractivity contribution in [1.29, 1.82) is 0 Å². The summed E-state index contributed by atoms with van der Waals surface area (Å²) in [5.74, 6) is 0. The van der Waals surface area contributed by atoms with Gasteiger partial charge in [0.1, 0.15) is 0 Å². The molecule has 0 aromatic rings. The molecule has 21 heavy (non-hydrogen) atoms. The van der Waals surface area contributed by atoms with E-state index in [4.69, 9.17) is 0 Å². The van der Waals surface area contributed by atoms with Crippen LogP contribution in [0.15, 0.2) is 0 Å². The second-order valence-electron chi connectivity index (χ2n) is 7.02. The zero-order valence-electron chi connectivity index (χ0n) is 15.2. The molecule has 0 aromatic heterocycles. The summed E-state index contributed by atoms with van der Waals surface area (Å²) in [6.45, 7) is 7.06. The van der Waals surface area contributed by atoms with E-state index in [1.807, 2.05) is 0 Å². The van der Waals surface area contributed by atoms with Crippen molar-refractivity contribution in [2.24, 2.45) is 5.41 Å². The standard InChI is InChI=1S/C20H41Br/c1-4-7-15-20(16-8-5-2,17-9-6-3)18-13-11-10-12-14-19-21/h4-19H2,1-3H3. The van der Waals surface area contributed by atoms with Crippen LogP contribution in [-0.4, -0.2) is 5.33 Å². The summed E-state index contributed by atoms with van der Waals surface area (Å²) in [4.78, 5) is 0. The second-order valence-corrected chi connectivity index (χ2v) is 7.81. The summed E-state index contributed by atoms with van der Waals surface area (Å²) in [6.07, 6.45) is 21.5. The van der Waals surface area contributed by atoms with E-state index >= 15 is 0 Å². The van der Waals surface area contributed by atoms with E-state index in [1.165, 1.54) is 102 Å². The van der Waals surface area contributed by atoms with E-state index in [9.17, 15) is 0 Å². The van der Waals surface area contributed by atoms with E-state index in [0.29, 0.717) is 5.41 Å². The van der Waals surface area contributed by atoms with Gasteiger partial charge in [-0.05, 0) is 37.5 Å². The molecular formula is C20H41Br. The zero-order chi connectivity index (χ0) is 15.8. The fraction of sp³-hybridized carbons (Fsp3) is 1.00. The monoisotopic (exact) mass is 360 g/mol. The maximum Gasteiger partial charge on any atom is 0.00313 e. The Morgan fingerprint density at radius 3 is 1.33 bits per heavy atom. The molecule has 1 heteroatoms. The molecule has 0 aliphatic carbocycles. The van der Waals surface area contributed by atoms with Crippen LogP contribution in [0.3, 0.4) is 0 Å². The van der Waals surface area contributed by atoms with E-state index in [-0.39, 0.29) is 0 Å². The predicted octanol–water partition coefficient (Wildman–Crippen LogP) is 8.28. The van der Waals surface area contributed by atoms with Gasteiger partial charge in [-0.15, -0.1) is 0 Å². The maximum atomic E-state index is 3.54. The van der Waals surface area contributed by atoms with Crippen molar-refractivity contribution in [2.45, 2.75) is 117 Å².